The number of fused-ring (bicyclic) bond motifs is 1. The Morgan fingerprint density at radius 2 is 2.00 bits per heavy atom. The van der Waals surface area contributed by atoms with E-state index in [4.69, 9.17) is 0 Å². The van der Waals surface area contributed by atoms with Gasteiger partial charge in [-0.25, -0.2) is 9.78 Å². The molecule has 0 aliphatic heterocycles. The average Bonchev–Trinajstić information content (AvgIpc) is 2.53. The largest absolute Gasteiger partial charge is 0.478 e. The first-order chi connectivity index (χ1) is 10.2. The molecule has 0 amide bonds. The summed E-state index contributed by atoms with van der Waals surface area (Å²) in [5.41, 5.74) is 1.83. The van der Waals surface area contributed by atoms with E-state index in [0.29, 0.717) is 10.9 Å². The Labute approximate surface area is 121 Å². The molecule has 21 heavy (non-hydrogen) atoms. The molecule has 0 spiro atoms. The maximum Gasteiger partial charge on any atom is 0.336 e. The van der Waals surface area contributed by atoms with Gasteiger partial charge in [-0.05, 0) is 36.4 Å². The number of aromatic nitrogens is 2. The minimum absolute atomic E-state index is 0.260. The highest BCUT2D eigenvalue weighted by molar-refractivity contribution is 6.02. The summed E-state index contributed by atoms with van der Waals surface area (Å²) in [7, 11) is 1.90. The van der Waals surface area contributed by atoms with E-state index in [1.54, 1.807) is 30.6 Å². The van der Waals surface area contributed by atoms with Gasteiger partial charge in [0.05, 0.1) is 23.0 Å². The fourth-order valence-corrected chi connectivity index (χ4v) is 2.20. The number of carboxylic acids is 1. The van der Waals surface area contributed by atoms with E-state index in [9.17, 15) is 9.90 Å². The third kappa shape index (κ3) is 2.41. The molecule has 3 rings (SSSR count). The van der Waals surface area contributed by atoms with Gasteiger partial charge in [0.15, 0.2) is 0 Å². The minimum Gasteiger partial charge on any atom is -0.478 e. The van der Waals surface area contributed by atoms with E-state index >= 15 is 0 Å². The maximum absolute atomic E-state index is 11.2. The van der Waals surface area contributed by atoms with Crippen LogP contribution in [0.3, 0.4) is 0 Å². The van der Waals surface area contributed by atoms with E-state index in [1.807, 2.05) is 36.2 Å². The summed E-state index contributed by atoms with van der Waals surface area (Å²) in [5.74, 6) is -0.214. The van der Waals surface area contributed by atoms with Crippen molar-refractivity contribution in [2.75, 3.05) is 11.9 Å². The zero-order valence-corrected chi connectivity index (χ0v) is 11.4. The Balaban J connectivity index is 2.08. The zero-order chi connectivity index (χ0) is 14.8. The van der Waals surface area contributed by atoms with Gasteiger partial charge in [0.2, 0.25) is 0 Å². The lowest BCUT2D eigenvalue weighted by Crippen LogP contribution is -2.11. The summed E-state index contributed by atoms with van der Waals surface area (Å²) in [6, 6.07) is 12.5. The number of hydrogen-bond donors (Lipinski definition) is 1. The van der Waals surface area contributed by atoms with Crippen LogP contribution in [-0.2, 0) is 0 Å². The van der Waals surface area contributed by atoms with Crippen molar-refractivity contribution in [2.45, 2.75) is 0 Å². The first-order valence-corrected chi connectivity index (χ1v) is 6.43. The van der Waals surface area contributed by atoms with Gasteiger partial charge in [-0.3, -0.25) is 4.98 Å². The van der Waals surface area contributed by atoms with Crippen LogP contribution in [0.25, 0.3) is 10.9 Å². The van der Waals surface area contributed by atoms with Crippen LogP contribution in [0.15, 0.2) is 54.9 Å². The lowest BCUT2D eigenvalue weighted by atomic mass is 10.1. The summed E-state index contributed by atoms with van der Waals surface area (Å²) in [6.45, 7) is 0. The topological polar surface area (TPSA) is 66.3 Å². The summed E-state index contributed by atoms with van der Waals surface area (Å²) >= 11 is 0. The second-order valence-electron chi connectivity index (χ2n) is 4.62. The van der Waals surface area contributed by atoms with Gasteiger partial charge in [-0.15, -0.1) is 0 Å². The fraction of sp³-hybridized carbons (Fsp3) is 0.0625. The molecule has 1 aromatic carbocycles. The van der Waals surface area contributed by atoms with Crippen molar-refractivity contribution < 1.29 is 9.90 Å². The molecule has 0 fully saturated rings. The summed E-state index contributed by atoms with van der Waals surface area (Å²) in [5, 5.41) is 9.83. The Hall–Kier alpha value is -2.95. The number of anilines is 2. The standard InChI is InChI=1S/C16H13N3O2/c1-19(11-4-3-9-17-10-11)15-8-7-12-13(16(20)21)5-2-6-14(12)18-15/h2-10H,1H3,(H,20,21). The number of nitrogens with zero attached hydrogens (tertiary/aromatic N) is 3. The molecular weight excluding hydrogens is 266 g/mol. The summed E-state index contributed by atoms with van der Waals surface area (Å²) in [4.78, 5) is 21.7. The van der Waals surface area contributed by atoms with Crippen molar-refractivity contribution in [1.29, 1.82) is 0 Å². The van der Waals surface area contributed by atoms with Gasteiger partial charge < -0.3 is 10.0 Å². The molecule has 5 nitrogen and oxygen atoms in total. The van der Waals surface area contributed by atoms with Gasteiger partial charge in [0.25, 0.3) is 0 Å². The third-order valence-corrected chi connectivity index (χ3v) is 3.32. The number of aromatic carboxylic acids is 1. The third-order valence-electron chi connectivity index (χ3n) is 3.32. The van der Waals surface area contributed by atoms with Gasteiger partial charge in [0, 0.05) is 18.6 Å². The molecule has 0 aliphatic carbocycles. The predicted molar refractivity (Wildman–Crippen MR) is 81.0 cm³/mol. The lowest BCUT2D eigenvalue weighted by Gasteiger charge is -2.18. The number of rotatable bonds is 3. The van der Waals surface area contributed by atoms with Crippen molar-refractivity contribution in [2.24, 2.45) is 0 Å². The smallest absolute Gasteiger partial charge is 0.336 e. The van der Waals surface area contributed by atoms with Crippen molar-refractivity contribution >= 4 is 28.4 Å². The molecule has 104 valence electrons. The van der Waals surface area contributed by atoms with Crippen molar-refractivity contribution in [3.05, 3.63) is 60.4 Å². The first kappa shape index (κ1) is 13.1. The SMILES string of the molecule is CN(c1cccnc1)c1ccc2c(C(=O)O)cccc2n1. The van der Waals surface area contributed by atoms with Crippen LogP contribution in [0.4, 0.5) is 11.5 Å². The number of benzene rings is 1. The molecule has 0 saturated heterocycles. The normalized spacial score (nSPS) is 10.5. The molecule has 5 heteroatoms. The van der Waals surface area contributed by atoms with Crippen LogP contribution in [0, 0.1) is 0 Å². The van der Waals surface area contributed by atoms with Gasteiger partial charge in [0.1, 0.15) is 5.82 Å². The van der Waals surface area contributed by atoms with E-state index in [-0.39, 0.29) is 5.56 Å². The van der Waals surface area contributed by atoms with Crippen LogP contribution in [0.2, 0.25) is 0 Å². The molecule has 2 aromatic heterocycles. The molecule has 1 N–H and O–H groups in total. The molecule has 0 saturated carbocycles. The molecule has 3 aromatic rings. The van der Waals surface area contributed by atoms with Crippen LogP contribution < -0.4 is 4.90 Å². The van der Waals surface area contributed by atoms with Crippen LogP contribution in [-0.4, -0.2) is 28.1 Å². The Morgan fingerprint density at radius 3 is 2.71 bits per heavy atom. The second-order valence-corrected chi connectivity index (χ2v) is 4.62. The molecule has 0 radical (unpaired) electrons. The number of carboxylic acid groups (broad SMARTS) is 1. The van der Waals surface area contributed by atoms with Crippen molar-refractivity contribution in [1.82, 2.24) is 9.97 Å². The number of pyridine rings is 2. The second kappa shape index (κ2) is 5.20. The van der Waals surface area contributed by atoms with E-state index < -0.39 is 5.97 Å². The highest BCUT2D eigenvalue weighted by Crippen LogP contribution is 2.25. The van der Waals surface area contributed by atoms with Crippen LogP contribution in [0.5, 0.6) is 0 Å². The highest BCUT2D eigenvalue weighted by Gasteiger charge is 2.11. The van der Waals surface area contributed by atoms with Crippen LogP contribution in [0.1, 0.15) is 10.4 Å². The van der Waals surface area contributed by atoms with Gasteiger partial charge >= 0.3 is 5.97 Å². The van der Waals surface area contributed by atoms with Gasteiger partial charge in [-0.2, -0.15) is 0 Å². The Kier molecular flexibility index (Phi) is 3.23. The molecule has 0 aliphatic rings. The Morgan fingerprint density at radius 1 is 1.14 bits per heavy atom. The number of hydrogen-bond acceptors (Lipinski definition) is 4. The fourth-order valence-electron chi connectivity index (χ4n) is 2.20. The van der Waals surface area contributed by atoms with E-state index in [1.165, 1.54) is 0 Å². The van der Waals surface area contributed by atoms with Crippen molar-refractivity contribution in [3.8, 4) is 0 Å². The average molecular weight is 279 g/mol. The quantitative estimate of drug-likeness (QED) is 0.798. The van der Waals surface area contributed by atoms with E-state index in [2.05, 4.69) is 9.97 Å². The van der Waals surface area contributed by atoms with E-state index in [0.717, 1.165) is 11.5 Å². The molecule has 0 bridgehead atoms. The minimum atomic E-state index is -0.948. The maximum atomic E-state index is 11.2. The molecule has 2 heterocycles. The molecular formula is C16H13N3O2. The van der Waals surface area contributed by atoms with Crippen LogP contribution >= 0.6 is 0 Å². The van der Waals surface area contributed by atoms with Crippen molar-refractivity contribution in [3.63, 3.8) is 0 Å². The first-order valence-electron chi connectivity index (χ1n) is 6.43. The highest BCUT2D eigenvalue weighted by atomic mass is 16.4. The zero-order valence-electron chi connectivity index (χ0n) is 11.4. The summed E-state index contributed by atoms with van der Waals surface area (Å²) < 4.78 is 0. The Bertz CT molecular complexity index is 803. The predicted octanol–water partition coefficient (Wildman–Crippen LogP) is 3.10. The monoisotopic (exact) mass is 279 g/mol. The molecule has 0 unspecified atom stereocenters. The lowest BCUT2D eigenvalue weighted by molar-refractivity contribution is 0.0699. The number of carbonyl (C=O) groups is 1. The van der Waals surface area contributed by atoms with Gasteiger partial charge in [-0.1, -0.05) is 6.07 Å². The molecule has 0 atom stereocenters. The summed E-state index contributed by atoms with van der Waals surface area (Å²) in [6.07, 6.45) is 3.46.